The summed E-state index contributed by atoms with van der Waals surface area (Å²) in [4.78, 5) is 6.65. The highest BCUT2D eigenvalue weighted by Crippen LogP contribution is 2.50. The Morgan fingerprint density at radius 2 is 2.04 bits per heavy atom. The molecule has 3 aliphatic rings. The van der Waals surface area contributed by atoms with Crippen molar-refractivity contribution in [1.82, 2.24) is 14.5 Å². The second-order valence-electron chi connectivity index (χ2n) is 7.96. The van der Waals surface area contributed by atoms with Crippen LogP contribution in [-0.4, -0.2) is 33.1 Å². The summed E-state index contributed by atoms with van der Waals surface area (Å²) in [7, 11) is 2.25. The highest BCUT2D eigenvalue weighted by atomic mass is 16.3. The van der Waals surface area contributed by atoms with Crippen molar-refractivity contribution >= 4 is 22.7 Å². The number of hydrogen-bond acceptors (Lipinski definition) is 3. The molecule has 1 aromatic carbocycles. The smallest absolute Gasteiger partial charge is 0.0682 e. The number of aliphatic hydroxyl groups is 1. The predicted octanol–water partition coefficient (Wildman–Crippen LogP) is 4.41. The molecule has 138 valence electrons. The minimum Gasteiger partial charge on any atom is -0.392 e. The fraction of sp³-hybridized carbons (Fsp3) is 0.348. The van der Waals surface area contributed by atoms with Crippen LogP contribution in [0.25, 0.3) is 22.7 Å². The van der Waals surface area contributed by atoms with Gasteiger partial charge in [0.25, 0.3) is 0 Å². The van der Waals surface area contributed by atoms with E-state index in [1.165, 1.54) is 46.1 Å². The topological polar surface area (TPSA) is 41.3 Å². The molecule has 2 atom stereocenters. The first-order chi connectivity index (χ1) is 13.2. The van der Waals surface area contributed by atoms with Gasteiger partial charge in [0.05, 0.1) is 12.1 Å². The number of aliphatic hydroxyl groups excluding tert-OH is 1. The number of aromatic nitrogens is 2. The van der Waals surface area contributed by atoms with E-state index in [-0.39, 0.29) is 6.61 Å². The molecule has 4 heteroatoms. The fourth-order valence-electron chi connectivity index (χ4n) is 5.03. The van der Waals surface area contributed by atoms with Crippen LogP contribution in [0.4, 0.5) is 0 Å². The molecule has 2 bridgehead atoms. The lowest BCUT2D eigenvalue weighted by molar-refractivity contribution is 0.144. The molecular formula is C23H25N3O. The molecule has 1 fully saturated rings. The van der Waals surface area contributed by atoms with Crippen LogP contribution in [0.5, 0.6) is 0 Å². The zero-order valence-electron chi connectivity index (χ0n) is 15.9. The summed E-state index contributed by atoms with van der Waals surface area (Å²) in [6.45, 7) is 3.39. The van der Waals surface area contributed by atoms with E-state index in [0.717, 1.165) is 12.1 Å². The molecule has 2 unspecified atom stereocenters. The van der Waals surface area contributed by atoms with Crippen LogP contribution in [0.3, 0.4) is 0 Å². The Kier molecular flexibility index (Phi) is 3.92. The van der Waals surface area contributed by atoms with E-state index < -0.39 is 0 Å². The summed E-state index contributed by atoms with van der Waals surface area (Å²) >= 11 is 0. The monoisotopic (exact) mass is 359 g/mol. The molecular weight excluding hydrogens is 334 g/mol. The van der Waals surface area contributed by atoms with E-state index in [1.807, 2.05) is 18.5 Å². The number of fused-ring (bicyclic) bond motifs is 3. The number of nitrogens with zero attached hydrogens (tertiary/aromatic N) is 3. The third kappa shape index (κ3) is 2.55. The summed E-state index contributed by atoms with van der Waals surface area (Å²) in [5.74, 6) is 0.571. The second-order valence-corrected chi connectivity index (χ2v) is 7.96. The molecule has 0 amide bonds. The molecule has 3 aromatic rings. The molecule has 4 heterocycles. The van der Waals surface area contributed by atoms with E-state index in [9.17, 15) is 5.11 Å². The molecule has 2 aromatic heterocycles. The summed E-state index contributed by atoms with van der Waals surface area (Å²) in [5, 5.41) is 11.0. The van der Waals surface area contributed by atoms with Crippen molar-refractivity contribution in [3.05, 3.63) is 65.1 Å². The first kappa shape index (κ1) is 16.7. The third-order valence-electron chi connectivity index (χ3n) is 6.34. The minimum absolute atomic E-state index is 0.0890. The molecule has 6 rings (SSSR count). The van der Waals surface area contributed by atoms with Gasteiger partial charge in [0.2, 0.25) is 0 Å². The Bertz CT molecular complexity index is 1030. The number of likely N-dealkylation sites (N-methyl/N-ethyl adjacent to an activating group) is 1. The largest absolute Gasteiger partial charge is 0.392 e. The van der Waals surface area contributed by atoms with Crippen LogP contribution in [0.15, 0.2) is 42.7 Å². The van der Waals surface area contributed by atoms with Crippen LogP contribution >= 0.6 is 0 Å². The number of pyridine rings is 1. The van der Waals surface area contributed by atoms with Gasteiger partial charge in [-0.2, -0.15) is 0 Å². The number of hydrogen-bond donors (Lipinski definition) is 1. The van der Waals surface area contributed by atoms with E-state index in [4.69, 9.17) is 0 Å². The molecule has 27 heavy (non-hydrogen) atoms. The molecule has 0 radical (unpaired) electrons. The lowest BCUT2D eigenvalue weighted by Gasteiger charge is -2.44. The summed E-state index contributed by atoms with van der Waals surface area (Å²) in [6, 6.07) is 11.0. The van der Waals surface area contributed by atoms with Gasteiger partial charge in [-0.15, -0.1) is 0 Å². The Balaban J connectivity index is 1.77. The molecule has 0 saturated carbocycles. The van der Waals surface area contributed by atoms with Crippen molar-refractivity contribution in [1.29, 1.82) is 0 Å². The maximum atomic E-state index is 9.65. The Morgan fingerprint density at radius 3 is 2.78 bits per heavy atom. The molecule has 4 nitrogen and oxygen atoms in total. The Morgan fingerprint density at radius 1 is 1.22 bits per heavy atom. The zero-order valence-corrected chi connectivity index (χ0v) is 15.9. The number of rotatable bonds is 3. The van der Waals surface area contributed by atoms with Gasteiger partial charge in [0.1, 0.15) is 0 Å². The van der Waals surface area contributed by atoms with E-state index >= 15 is 0 Å². The number of piperidine rings is 1. The van der Waals surface area contributed by atoms with Crippen molar-refractivity contribution < 1.29 is 5.11 Å². The van der Waals surface area contributed by atoms with Crippen LogP contribution in [-0.2, 0) is 6.61 Å². The highest BCUT2D eigenvalue weighted by molar-refractivity contribution is 5.91. The van der Waals surface area contributed by atoms with Gasteiger partial charge in [-0.1, -0.05) is 6.07 Å². The van der Waals surface area contributed by atoms with E-state index in [0.29, 0.717) is 12.0 Å². The third-order valence-corrected chi connectivity index (χ3v) is 6.34. The van der Waals surface area contributed by atoms with Crippen molar-refractivity contribution in [2.75, 3.05) is 13.6 Å². The van der Waals surface area contributed by atoms with Crippen molar-refractivity contribution in [2.24, 2.45) is 0 Å². The molecule has 1 N–H and O–H groups in total. The van der Waals surface area contributed by atoms with Crippen LogP contribution in [0, 0.1) is 0 Å². The molecule has 0 spiro atoms. The van der Waals surface area contributed by atoms with Gasteiger partial charge >= 0.3 is 0 Å². The normalized spacial score (nSPS) is 22.4. The first-order valence-corrected chi connectivity index (χ1v) is 9.74. The quantitative estimate of drug-likeness (QED) is 0.753. The lowest BCUT2D eigenvalue weighted by atomic mass is 9.78. The summed E-state index contributed by atoms with van der Waals surface area (Å²) in [5.41, 5.74) is 7.62. The van der Waals surface area contributed by atoms with Gasteiger partial charge in [-0.05, 0) is 73.3 Å². The summed E-state index contributed by atoms with van der Waals surface area (Å²) < 4.78 is 2.42. The zero-order chi connectivity index (χ0) is 18.5. The maximum absolute atomic E-state index is 9.65. The Hall–Kier alpha value is -2.43. The van der Waals surface area contributed by atoms with Gasteiger partial charge in [-0.3, -0.25) is 9.88 Å². The van der Waals surface area contributed by atoms with Crippen molar-refractivity contribution in [2.45, 2.75) is 38.3 Å². The van der Waals surface area contributed by atoms with E-state index in [1.54, 1.807) is 0 Å². The first-order valence-electron chi connectivity index (χ1n) is 9.74. The molecule has 2 aliphatic heterocycles. The molecule has 1 aliphatic carbocycles. The van der Waals surface area contributed by atoms with E-state index in [2.05, 4.69) is 58.9 Å². The maximum Gasteiger partial charge on any atom is 0.0682 e. The predicted molar refractivity (Wildman–Crippen MR) is 109 cm³/mol. The number of benzene rings is 1. The standard InChI is InChI=1S/C23H25N3O/c1-15(17-7-9-24-10-8-17)12-26-20-5-3-16(14-27)11-19(20)22-21-6-4-18(23(22)26)13-25(21)2/h3,5,7-12,18,21,27H,4,6,13-14H2,1-2H3/b15-12+. The average Bonchev–Trinajstić information content (AvgIpc) is 3.04. The lowest BCUT2D eigenvalue weighted by Crippen LogP contribution is -2.40. The van der Waals surface area contributed by atoms with Crippen LogP contribution < -0.4 is 0 Å². The van der Waals surface area contributed by atoms with Crippen molar-refractivity contribution in [3.8, 4) is 0 Å². The fourth-order valence-corrected chi connectivity index (χ4v) is 5.03. The van der Waals surface area contributed by atoms with Gasteiger partial charge in [0.15, 0.2) is 0 Å². The van der Waals surface area contributed by atoms with Crippen LogP contribution in [0.1, 0.15) is 54.1 Å². The van der Waals surface area contributed by atoms with Crippen molar-refractivity contribution in [3.63, 3.8) is 0 Å². The minimum atomic E-state index is 0.0890. The highest BCUT2D eigenvalue weighted by Gasteiger charge is 2.40. The van der Waals surface area contributed by atoms with Gasteiger partial charge in [-0.25, -0.2) is 0 Å². The van der Waals surface area contributed by atoms with Gasteiger partial charge in [0, 0.05) is 48.2 Å². The van der Waals surface area contributed by atoms with Crippen LogP contribution in [0.2, 0.25) is 0 Å². The average molecular weight is 359 g/mol. The SMILES string of the molecule is C/C(=C\n1c2c(c3cc(CO)ccc31)C1CCC2CN1C)c1ccncc1. The Labute approximate surface area is 159 Å². The second kappa shape index (κ2) is 6.32. The molecule has 1 saturated heterocycles. The summed E-state index contributed by atoms with van der Waals surface area (Å²) in [6.07, 6.45) is 8.47. The van der Waals surface area contributed by atoms with Gasteiger partial charge < -0.3 is 9.67 Å². The number of allylic oxidation sites excluding steroid dienone is 1.